The Morgan fingerprint density at radius 1 is 0.806 bits per heavy atom. The van der Waals surface area contributed by atoms with Crippen LogP contribution in [0.5, 0.6) is 0 Å². The molecule has 10 heteroatoms. The number of benzene rings is 1. The number of aliphatic hydroxyl groups is 1. The maximum Gasteiger partial charge on any atom is 0.307 e. The van der Waals surface area contributed by atoms with E-state index < -0.39 is 6.10 Å². The molecule has 0 spiro atoms. The summed E-state index contributed by atoms with van der Waals surface area (Å²) in [6.45, 7) is 6.31. The van der Waals surface area contributed by atoms with Crippen LogP contribution in [0.25, 0.3) is 0 Å². The first-order valence-corrected chi connectivity index (χ1v) is 17.8. The summed E-state index contributed by atoms with van der Waals surface area (Å²) < 4.78 is 10.7. The molecule has 1 unspecified atom stereocenters. The van der Waals surface area contributed by atoms with Crippen LogP contribution in [0.3, 0.4) is 0 Å². The molecule has 0 bridgehead atoms. The molecule has 1 N–H and O–H groups in total. The zero-order valence-electron chi connectivity index (χ0n) is 21.7. The molecule has 0 saturated heterocycles. The molecule has 1 atom stereocenters. The highest BCUT2D eigenvalue weighted by atomic mass is 33.1. The van der Waals surface area contributed by atoms with Gasteiger partial charge in [-0.15, -0.1) is 0 Å². The molecule has 0 amide bonds. The van der Waals surface area contributed by atoms with Gasteiger partial charge in [0.05, 0.1) is 18.9 Å². The van der Waals surface area contributed by atoms with E-state index in [1.165, 1.54) is 25.7 Å². The minimum Gasteiger partial charge on any atom is -0.465 e. The van der Waals surface area contributed by atoms with Crippen molar-refractivity contribution in [1.82, 2.24) is 4.90 Å². The Morgan fingerprint density at radius 2 is 1.28 bits per heavy atom. The predicted octanol–water partition coefficient (Wildman–Crippen LogP) is 6.25. The lowest BCUT2D eigenvalue weighted by Gasteiger charge is -2.24. The van der Waals surface area contributed by atoms with E-state index in [-0.39, 0.29) is 24.8 Å². The number of unbranched alkanes of at least 4 members (excludes halogenated alkanes) is 2. The molecule has 1 aromatic rings. The smallest absolute Gasteiger partial charge is 0.307 e. The first kappa shape index (κ1) is 33.5. The molecule has 1 aromatic carbocycles. The summed E-state index contributed by atoms with van der Waals surface area (Å²) in [4.78, 5) is 26.4. The molecule has 6 nitrogen and oxygen atoms in total. The van der Waals surface area contributed by atoms with Crippen LogP contribution in [0.2, 0.25) is 0 Å². The topological polar surface area (TPSA) is 76.1 Å². The van der Waals surface area contributed by atoms with E-state index in [0.717, 1.165) is 28.6 Å². The van der Waals surface area contributed by atoms with Gasteiger partial charge in [0, 0.05) is 42.6 Å². The van der Waals surface area contributed by atoms with Crippen LogP contribution in [0.1, 0.15) is 64.0 Å². The minimum atomic E-state index is -0.702. The number of carbonyl (C=O) groups is 2. The van der Waals surface area contributed by atoms with Crippen molar-refractivity contribution >= 4 is 55.1 Å². The molecule has 0 aliphatic carbocycles. The monoisotopic (exact) mass is 577 g/mol. The number of esters is 2. The van der Waals surface area contributed by atoms with Crippen LogP contribution < -0.4 is 0 Å². The third-order valence-corrected chi connectivity index (χ3v) is 9.98. The highest BCUT2D eigenvalue weighted by molar-refractivity contribution is 8.77. The van der Waals surface area contributed by atoms with Crippen molar-refractivity contribution in [2.24, 2.45) is 0 Å². The summed E-state index contributed by atoms with van der Waals surface area (Å²) in [7, 11) is 7.09. The van der Waals surface area contributed by atoms with E-state index in [2.05, 4.69) is 13.8 Å². The fourth-order valence-electron chi connectivity index (χ4n) is 2.98. The normalized spacial score (nSPS) is 12.0. The largest absolute Gasteiger partial charge is 0.465 e. The van der Waals surface area contributed by atoms with Gasteiger partial charge in [0.25, 0.3) is 0 Å². The van der Waals surface area contributed by atoms with Crippen molar-refractivity contribution in [2.75, 3.05) is 55.9 Å². The van der Waals surface area contributed by atoms with E-state index in [0.29, 0.717) is 32.8 Å². The van der Waals surface area contributed by atoms with Crippen molar-refractivity contribution in [3.63, 3.8) is 0 Å². The number of hydrogen-bond acceptors (Lipinski definition) is 10. The Morgan fingerprint density at radius 3 is 1.75 bits per heavy atom. The van der Waals surface area contributed by atoms with Crippen LogP contribution >= 0.6 is 43.2 Å². The van der Waals surface area contributed by atoms with Crippen LogP contribution in [-0.4, -0.2) is 77.8 Å². The molecular weight excluding hydrogens is 535 g/mol. The minimum absolute atomic E-state index is 0.218. The van der Waals surface area contributed by atoms with Crippen LogP contribution in [0.4, 0.5) is 0 Å². The molecule has 0 saturated carbocycles. The Labute approximate surface area is 233 Å². The molecule has 0 aliphatic rings. The number of hydrogen-bond donors (Lipinski definition) is 1. The number of nitrogens with zero attached hydrogens (tertiary/aromatic N) is 1. The van der Waals surface area contributed by atoms with Crippen molar-refractivity contribution in [3.05, 3.63) is 35.9 Å². The zero-order valence-corrected chi connectivity index (χ0v) is 25.0. The number of ether oxygens (including phenoxy) is 2. The van der Waals surface area contributed by atoms with Gasteiger partial charge in [-0.05, 0) is 18.4 Å². The maximum absolute atomic E-state index is 12.2. The van der Waals surface area contributed by atoms with Gasteiger partial charge in [0.1, 0.15) is 13.2 Å². The van der Waals surface area contributed by atoms with Gasteiger partial charge < -0.3 is 14.6 Å². The van der Waals surface area contributed by atoms with Crippen LogP contribution in [0, 0.1) is 0 Å². The van der Waals surface area contributed by atoms with Gasteiger partial charge in [-0.2, -0.15) is 0 Å². The molecule has 0 heterocycles. The van der Waals surface area contributed by atoms with Crippen molar-refractivity contribution in [2.45, 2.75) is 58.5 Å². The summed E-state index contributed by atoms with van der Waals surface area (Å²) in [6.07, 6.45) is 4.51. The SMILES string of the molecule is CCCCSSCCOC(=O)CCN(CCC(=O)OCCSSCCCC)CC(O)c1ccccc1. The molecule has 0 radical (unpaired) electrons. The molecule has 0 aromatic heterocycles. The average molecular weight is 578 g/mol. The van der Waals surface area contributed by atoms with Crippen molar-refractivity contribution in [3.8, 4) is 0 Å². The molecule has 1 rings (SSSR count). The highest BCUT2D eigenvalue weighted by Gasteiger charge is 2.17. The summed E-state index contributed by atoms with van der Waals surface area (Å²) in [6, 6.07) is 9.42. The second-order valence-electron chi connectivity index (χ2n) is 8.16. The summed E-state index contributed by atoms with van der Waals surface area (Å²) in [5.74, 6) is 3.28. The third kappa shape index (κ3) is 18.7. The number of aliphatic hydroxyl groups excluding tert-OH is 1. The number of rotatable bonds is 23. The lowest BCUT2D eigenvalue weighted by Crippen LogP contribution is -2.33. The fourth-order valence-corrected chi connectivity index (χ4v) is 7.10. The summed E-state index contributed by atoms with van der Waals surface area (Å²) >= 11 is 0. The highest BCUT2D eigenvalue weighted by Crippen LogP contribution is 2.23. The lowest BCUT2D eigenvalue weighted by atomic mass is 10.1. The average Bonchev–Trinajstić information content (AvgIpc) is 2.89. The standard InChI is InChI=1S/C26H43NO5S4/c1-3-5-18-33-35-20-16-31-25(29)12-14-27(22-24(28)23-10-8-7-9-11-23)15-13-26(30)32-17-21-36-34-19-6-4-2/h7-11,24,28H,3-6,12-22H2,1-2H3. The Bertz CT molecular complexity index is 650. The predicted molar refractivity (Wildman–Crippen MR) is 159 cm³/mol. The first-order chi connectivity index (χ1) is 17.6. The summed E-state index contributed by atoms with van der Waals surface area (Å²) in [5, 5.41) is 10.7. The molecule has 206 valence electrons. The van der Waals surface area contributed by atoms with Crippen LogP contribution in [-0.2, 0) is 19.1 Å². The molecule has 36 heavy (non-hydrogen) atoms. The molecule has 0 aliphatic heterocycles. The van der Waals surface area contributed by atoms with Crippen LogP contribution in [0.15, 0.2) is 30.3 Å². The van der Waals surface area contributed by atoms with Gasteiger partial charge in [-0.3, -0.25) is 14.5 Å². The Hall–Kier alpha value is -0.520. The lowest BCUT2D eigenvalue weighted by molar-refractivity contribution is -0.143. The van der Waals surface area contributed by atoms with Crippen molar-refractivity contribution in [1.29, 1.82) is 0 Å². The van der Waals surface area contributed by atoms with E-state index in [1.54, 1.807) is 21.6 Å². The molecule has 0 fully saturated rings. The number of carbonyl (C=O) groups excluding carboxylic acids is 2. The zero-order chi connectivity index (χ0) is 26.3. The molecular formula is C26H43NO5S4. The van der Waals surface area contributed by atoms with E-state index >= 15 is 0 Å². The summed E-state index contributed by atoms with van der Waals surface area (Å²) in [5.41, 5.74) is 0.808. The van der Waals surface area contributed by atoms with E-state index in [4.69, 9.17) is 9.47 Å². The Balaban J connectivity index is 2.38. The van der Waals surface area contributed by atoms with Gasteiger partial charge in [-0.25, -0.2) is 0 Å². The fraction of sp³-hybridized carbons (Fsp3) is 0.692. The van der Waals surface area contributed by atoms with Gasteiger partial charge in [-0.1, -0.05) is 100 Å². The first-order valence-electron chi connectivity index (χ1n) is 12.8. The van der Waals surface area contributed by atoms with Gasteiger partial charge in [0.15, 0.2) is 0 Å². The van der Waals surface area contributed by atoms with Gasteiger partial charge in [0.2, 0.25) is 0 Å². The second-order valence-corrected chi connectivity index (χ2v) is 13.6. The van der Waals surface area contributed by atoms with Gasteiger partial charge >= 0.3 is 11.9 Å². The maximum atomic E-state index is 12.2. The van der Waals surface area contributed by atoms with E-state index in [1.807, 2.05) is 56.8 Å². The van der Waals surface area contributed by atoms with Crippen molar-refractivity contribution < 1.29 is 24.2 Å². The quantitative estimate of drug-likeness (QED) is 0.0916. The third-order valence-electron chi connectivity index (χ3n) is 5.07. The van der Waals surface area contributed by atoms with E-state index in [9.17, 15) is 14.7 Å². The second kappa shape index (κ2) is 23.6. The Kier molecular flexibility index (Phi) is 22.0.